The molecule has 1 saturated carbocycles. The van der Waals surface area contributed by atoms with Crippen molar-refractivity contribution >= 4 is 5.97 Å². The zero-order valence-corrected chi connectivity index (χ0v) is 12.2. The molecule has 1 aliphatic carbocycles. The van der Waals surface area contributed by atoms with Crippen LogP contribution < -0.4 is 4.74 Å². The summed E-state index contributed by atoms with van der Waals surface area (Å²) in [4.78, 5) is 11.1. The molecule has 0 amide bonds. The highest BCUT2D eigenvalue weighted by Gasteiger charge is 2.22. The molecule has 5 heteroatoms. The molecule has 1 aromatic heterocycles. The molecule has 1 aromatic carbocycles. The van der Waals surface area contributed by atoms with Crippen LogP contribution in [0.1, 0.15) is 35.3 Å². The SMILES string of the molecule is Cc1ccc(OC2CCC2)c(-c2cc(C(=O)O)nn2C)c1. The van der Waals surface area contributed by atoms with E-state index in [1.54, 1.807) is 17.8 Å². The first-order valence-corrected chi connectivity index (χ1v) is 7.09. The highest BCUT2D eigenvalue weighted by Crippen LogP contribution is 2.34. The number of ether oxygens (including phenoxy) is 1. The second kappa shape index (κ2) is 5.24. The van der Waals surface area contributed by atoms with Crippen molar-refractivity contribution in [1.29, 1.82) is 0 Å². The molecule has 1 heterocycles. The molecule has 0 unspecified atom stereocenters. The lowest BCUT2D eigenvalue weighted by atomic mass is 9.96. The summed E-state index contributed by atoms with van der Waals surface area (Å²) in [6.07, 6.45) is 3.65. The molecule has 21 heavy (non-hydrogen) atoms. The Hall–Kier alpha value is -2.30. The maximum atomic E-state index is 11.1. The lowest BCUT2D eigenvalue weighted by Gasteiger charge is -2.27. The Kier molecular flexibility index (Phi) is 3.41. The van der Waals surface area contributed by atoms with Gasteiger partial charge in [0.25, 0.3) is 0 Å². The molecule has 2 aromatic rings. The summed E-state index contributed by atoms with van der Waals surface area (Å²) in [6, 6.07) is 7.56. The molecule has 0 aliphatic heterocycles. The minimum Gasteiger partial charge on any atom is -0.490 e. The maximum absolute atomic E-state index is 11.1. The van der Waals surface area contributed by atoms with Gasteiger partial charge in [-0.25, -0.2) is 4.79 Å². The van der Waals surface area contributed by atoms with E-state index in [-0.39, 0.29) is 11.8 Å². The van der Waals surface area contributed by atoms with Crippen molar-refractivity contribution in [2.24, 2.45) is 7.05 Å². The number of aromatic carboxylic acids is 1. The topological polar surface area (TPSA) is 64.3 Å². The molecule has 0 spiro atoms. The number of carboxylic acids is 1. The van der Waals surface area contributed by atoms with Crippen LogP contribution >= 0.6 is 0 Å². The standard InChI is InChI=1S/C16H18N2O3/c1-10-6-7-15(21-11-4-3-5-11)12(8-10)14-9-13(16(19)20)17-18(14)2/h6-9,11H,3-5H2,1-2H3,(H,19,20). The van der Waals surface area contributed by atoms with Crippen LogP contribution in [-0.2, 0) is 7.05 Å². The van der Waals surface area contributed by atoms with Gasteiger partial charge in [0.1, 0.15) is 5.75 Å². The van der Waals surface area contributed by atoms with E-state index < -0.39 is 5.97 Å². The van der Waals surface area contributed by atoms with Crippen LogP contribution in [0.3, 0.4) is 0 Å². The van der Waals surface area contributed by atoms with E-state index in [1.807, 2.05) is 25.1 Å². The van der Waals surface area contributed by atoms with Crippen LogP contribution in [0.5, 0.6) is 5.75 Å². The highest BCUT2D eigenvalue weighted by molar-refractivity contribution is 5.87. The first kappa shape index (κ1) is 13.7. The summed E-state index contributed by atoms with van der Waals surface area (Å²) in [5.74, 6) is -0.226. The summed E-state index contributed by atoms with van der Waals surface area (Å²) < 4.78 is 7.62. The summed E-state index contributed by atoms with van der Waals surface area (Å²) >= 11 is 0. The van der Waals surface area contributed by atoms with E-state index in [0.717, 1.165) is 35.4 Å². The van der Waals surface area contributed by atoms with Crippen molar-refractivity contribution in [3.05, 3.63) is 35.5 Å². The minimum atomic E-state index is -1.02. The number of aryl methyl sites for hydroxylation is 2. The normalized spacial score (nSPS) is 14.8. The van der Waals surface area contributed by atoms with Gasteiger partial charge in [0.2, 0.25) is 0 Å². The molecule has 0 radical (unpaired) electrons. The molecule has 3 rings (SSSR count). The Labute approximate surface area is 123 Å². The zero-order chi connectivity index (χ0) is 15.0. The van der Waals surface area contributed by atoms with Gasteiger partial charge >= 0.3 is 5.97 Å². The fraction of sp³-hybridized carbons (Fsp3) is 0.375. The van der Waals surface area contributed by atoms with E-state index in [0.29, 0.717) is 0 Å². The van der Waals surface area contributed by atoms with Crippen LogP contribution in [0, 0.1) is 6.92 Å². The van der Waals surface area contributed by atoms with Crippen molar-refractivity contribution in [1.82, 2.24) is 9.78 Å². The van der Waals surface area contributed by atoms with Gasteiger partial charge in [-0.1, -0.05) is 11.6 Å². The van der Waals surface area contributed by atoms with E-state index in [4.69, 9.17) is 9.84 Å². The second-order valence-electron chi connectivity index (χ2n) is 5.51. The van der Waals surface area contributed by atoms with E-state index in [9.17, 15) is 4.79 Å². The Bertz CT molecular complexity index is 687. The van der Waals surface area contributed by atoms with Gasteiger partial charge in [-0.15, -0.1) is 0 Å². The number of nitrogens with zero attached hydrogens (tertiary/aromatic N) is 2. The molecule has 5 nitrogen and oxygen atoms in total. The number of hydrogen-bond donors (Lipinski definition) is 1. The van der Waals surface area contributed by atoms with Gasteiger partial charge in [-0.05, 0) is 44.4 Å². The summed E-state index contributed by atoms with van der Waals surface area (Å²) in [5, 5.41) is 13.1. The molecule has 0 saturated heterocycles. The summed E-state index contributed by atoms with van der Waals surface area (Å²) in [7, 11) is 1.75. The monoisotopic (exact) mass is 286 g/mol. The molecule has 110 valence electrons. The maximum Gasteiger partial charge on any atom is 0.356 e. The van der Waals surface area contributed by atoms with Crippen molar-refractivity contribution in [2.45, 2.75) is 32.3 Å². The molecule has 1 fully saturated rings. The number of hydrogen-bond acceptors (Lipinski definition) is 3. The minimum absolute atomic E-state index is 0.0450. The molecular formula is C16H18N2O3. The molecule has 0 bridgehead atoms. The number of rotatable bonds is 4. The smallest absolute Gasteiger partial charge is 0.356 e. The first-order chi connectivity index (χ1) is 10.0. The number of aromatic nitrogens is 2. The van der Waals surface area contributed by atoms with Gasteiger partial charge in [0.05, 0.1) is 11.8 Å². The van der Waals surface area contributed by atoms with Crippen molar-refractivity contribution in [3.8, 4) is 17.0 Å². The molecule has 1 N–H and O–H groups in total. The second-order valence-corrected chi connectivity index (χ2v) is 5.51. The molecule has 0 atom stereocenters. The molecule has 1 aliphatic rings. The largest absolute Gasteiger partial charge is 0.490 e. The highest BCUT2D eigenvalue weighted by atomic mass is 16.5. The Morgan fingerprint density at radius 1 is 1.38 bits per heavy atom. The number of carboxylic acid groups (broad SMARTS) is 1. The number of carbonyl (C=O) groups is 1. The lowest BCUT2D eigenvalue weighted by Crippen LogP contribution is -2.24. The van der Waals surface area contributed by atoms with Crippen LogP contribution in [-0.4, -0.2) is 27.0 Å². The average molecular weight is 286 g/mol. The van der Waals surface area contributed by atoms with Gasteiger partial charge < -0.3 is 9.84 Å². The Morgan fingerprint density at radius 3 is 2.71 bits per heavy atom. The zero-order valence-electron chi connectivity index (χ0n) is 12.2. The number of benzene rings is 1. The third-order valence-corrected chi connectivity index (χ3v) is 3.86. The fourth-order valence-corrected chi connectivity index (χ4v) is 2.44. The fourth-order valence-electron chi connectivity index (χ4n) is 2.44. The van der Waals surface area contributed by atoms with Gasteiger partial charge in [0, 0.05) is 12.6 Å². The first-order valence-electron chi connectivity index (χ1n) is 7.09. The van der Waals surface area contributed by atoms with Gasteiger partial charge in [-0.2, -0.15) is 5.10 Å². The van der Waals surface area contributed by atoms with E-state index in [2.05, 4.69) is 5.10 Å². The quantitative estimate of drug-likeness (QED) is 0.938. The van der Waals surface area contributed by atoms with Gasteiger partial charge in [-0.3, -0.25) is 4.68 Å². The predicted octanol–water partition coefficient (Wildman–Crippen LogP) is 3.03. The Balaban J connectivity index is 2.03. The van der Waals surface area contributed by atoms with Crippen molar-refractivity contribution < 1.29 is 14.6 Å². The van der Waals surface area contributed by atoms with Crippen molar-refractivity contribution in [2.75, 3.05) is 0 Å². The molecular weight excluding hydrogens is 268 g/mol. The summed E-state index contributed by atoms with van der Waals surface area (Å²) in [6.45, 7) is 2.01. The predicted molar refractivity (Wildman–Crippen MR) is 78.6 cm³/mol. The van der Waals surface area contributed by atoms with Crippen molar-refractivity contribution in [3.63, 3.8) is 0 Å². The van der Waals surface area contributed by atoms with Crippen LogP contribution in [0.15, 0.2) is 24.3 Å². The third-order valence-electron chi connectivity index (χ3n) is 3.86. The summed E-state index contributed by atoms with van der Waals surface area (Å²) in [5.41, 5.74) is 2.79. The van der Waals surface area contributed by atoms with Crippen LogP contribution in [0.25, 0.3) is 11.3 Å². The lowest BCUT2D eigenvalue weighted by molar-refractivity contribution is 0.0689. The van der Waals surface area contributed by atoms with Crippen LogP contribution in [0.4, 0.5) is 0 Å². The van der Waals surface area contributed by atoms with E-state index in [1.165, 1.54) is 6.42 Å². The average Bonchev–Trinajstić information content (AvgIpc) is 2.77. The van der Waals surface area contributed by atoms with E-state index >= 15 is 0 Å². The Morgan fingerprint density at radius 2 is 2.14 bits per heavy atom. The third kappa shape index (κ3) is 2.63. The van der Waals surface area contributed by atoms with Crippen LogP contribution in [0.2, 0.25) is 0 Å². The van der Waals surface area contributed by atoms with Gasteiger partial charge in [0.15, 0.2) is 5.69 Å².